The van der Waals surface area contributed by atoms with Crippen LogP contribution in [0.4, 0.5) is 5.13 Å². The monoisotopic (exact) mass is 248 g/mol. The third kappa shape index (κ3) is 3.57. The predicted molar refractivity (Wildman–Crippen MR) is 67.4 cm³/mol. The maximum Gasteiger partial charge on any atom is 0.264 e. The highest BCUT2D eigenvalue weighted by Crippen LogP contribution is 2.13. The summed E-state index contributed by atoms with van der Waals surface area (Å²) in [6.07, 6.45) is 1.64. The summed E-state index contributed by atoms with van der Waals surface area (Å²) in [5.41, 5.74) is 1.10. The van der Waals surface area contributed by atoms with Crippen LogP contribution in [0.25, 0.3) is 0 Å². The first-order valence-electron chi connectivity index (χ1n) is 5.13. The number of nitrogens with one attached hydrogen (secondary N) is 1. The van der Waals surface area contributed by atoms with Gasteiger partial charge in [0.2, 0.25) is 0 Å². The maximum absolute atomic E-state index is 11.5. The Bertz CT molecular complexity index is 497. The summed E-state index contributed by atoms with van der Waals surface area (Å²) < 4.78 is 5.36. The van der Waals surface area contributed by atoms with Gasteiger partial charge in [-0.05, 0) is 24.6 Å². The topological polar surface area (TPSA) is 51.2 Å². The van der Waals surface area contributed by atoms with Crippen molar-refractivity contribution in [2.24, 2.45) is 0 Å². The highest BCUT2D eigenvalue weighted by molar-refractivity contribution is 7.13. The van der Waals surface area contributed by atoms with Crippen molar-refractivity contribution in [1.29, 1.82) is 0 Å². The molecule has 0 bridgehead atoms. The molecule has 88 valence electrons. The number of thiazole rings is 1. The number of ether oxygens (including phenoxy) is 1. The largest absolute Gasteiger partial charge is 0.484 e. The number of aromatic nitrogens is 1. The number of benzene rings is 1. The molecule has 1 N–H and O–H groups in total. The van der Waals surface area contributed by atoms with Crippen LogP contribution in [0.5, 0.6) is 5.75 Å². The number of hydrogen-bond donors (Lipinski definition) is 1. The van der Waals surface area contributed by atoms with E-state index in [1.165, 1.54) is 11.3 Å². The first kappa shape index (κ1) is 11.6. The van der Waals surface area contributed by atoms with Crippen LogP contribution >= 0.6 is 11.3 Å². The van der Waals surface area contributed by atoms with E-state index in [0.29, 0.717) is 10.9 Å². The number of rotatable bonds is 4. The number of anilines is 1. The van der Waals surface area contributed by atoms with E-state index in [2.05, 4.69) is 10.3 Å². The molecule has 0 aliphatic heterocycles. The van der Waals surface area contributed by atoms with Crippen LogP contribution in [0.15, 0.2) is 35.8 Å². The fourth-order valence-corrected chi connectivity index (χ4v) is 1.84. The first-order valence-corrected chi connectivity index (χ1v) is 6.01. The van der Waals surface area contributed by atoms with Gasteiger partial charge in [0.05, 0.1) is 0 Å². The van der Waals surface area contributed by atoms with Crippen molar-refractivity contribution in [3.63, 3.8) is 0 Å². The fraction of sp³-hybridized carbons (Fsp3) is 0.167. The maximum atomic E-state index is 11.5. The number of aryl methyl sites for hydroxylation is 1. The van der Waals surface area contributed by atoms with Crippen molar-refractivity contribution in [1.82, 2.24) is 4.98 Å². The van der Waals surface area contributed by atoms with E-state index < -0.39 is 0 Å². The van der Waals surface area contributed by atoms with Crippen molar-refractivity contribution >= 4 is 22.4 Å². The lowest BCUT2D eigenvalue weighted by Crippen LogP contribution is -2.19. The quantitative estimate of drug-likeness (QED) is 0.904. The number of carbonyl (C=O) groups excluding carboxylic acids is 1. The van der Waals surface area contributed by atoms with Gasteiger partial charge in [-0.1, -0.05) is 12.1 Å². The zero-order chi connectivity index (χ0) is 12.1. The van der Waals surface area contributed by atoms with E-state index in [4.69, 9.17) is 4.74 Å². The molecular weight excluding hydrogens is 236 g/mol. The molecule has 4 nitrogen and oxygen atoms in total. The van der Waals surface area contributed by atoms with Gasteiger partial charge in [0.1, 0.15) is 5.75 Å². The summed E-state index contributed by atoms with van der Waals surface area (Å²) in [5, 5.41) is 5.04. The molecule has 0 radical (unpaired) electrons. The molecule has 0 saturated heterocycles. The van der Waals surface area contributed by atoms with Gasteiger partial charge in [-0.25, -0.2) is 4.98 Å². The van der Waals surface area contributed by atoms with E-state index >= 15 is 0 Å². The highest BCUT2D eigenvalue weighted by Gasteiger charge is 2.04. The molecule has 2 rings (SSSR count). The van der Waals surface area contributed by atoms with Gasteiger partial charge in [0.15, 0.2) is 11.7 Å². The average Bonchev–Trinajstić information content (AvgIpc) is 2.79. The molecule has 0 aliphatic rings. The molecule has 0 aliphatic carbocycles. The summed E-state index contributed by atoms with van der Waals surface area (Å²) in [6, 6.07) is 7.58. The van der Waals surface area contributed by atoms with Crippen molar-refractivity contribution in [2.45, 2.75) is 6.92 Å². The molecule has 0 fully saturated rings. The van der Waals surface area contributed by atoms with Gasteiger partial charge < -0.3 is 4.74 Å². The molecular formula is C12H12N2O2S. The lowest BCUT2D eigenvalue weighted by molar-refractivity contribution is -0.118. The third-order valence-corrected chi connectivity index (χ3v) is 2.73. The smallest absolute Gasteiger partial charge is 0.264 e. The Hall–Kier alpha value is -1.88. The minimum atomic E-state index is -0.207. The van der Waals surface area contributed by atoms with Gasteiger partial charge >= 0.3 is 0 Å². The second kappa shape index (κ2) is 5.45. The van der Waals surface area contributed by atoms with Crippen LogP contribution < -0.4 is 10.1 Å². The summed E-state index contributed by atoms with van der Waals surface area (Å²) in [7, 11) is 0. The van der Waals surface area contributed by atoms with Crippen molar-refractivity contribution < 1.29 is 9.53 Å². The second-order valence-electron chi connectivity index (χ2n) is 3.49. The van der Waals surface area contributed by atoms with Crippen molar-refractivity contribution in [2.75, 3.05) is 11.9 Å². The summed E-state index contributed by atoms with van der Waals surface area (Å²) in [5.74, 6) is 0.487. The molecule has 1 aromatic carbocycles. The van der Waals surface area contributed by atoms with Crippen LogP contribution in [0.1, 0.15) is 5.56 Å². The van der Waals surface area contributed by atoms with E-state index in [9.17, 15) is 4.79 Å². The molecule has 5 heteroatoms. The zero-order valence-electron chi connectivity index (χ0n) is 9.34. The normalized spacial score (nSPS) is 9.94. The molecule has 1 amide bonds. The molecule has 0 saturated carbocycles. The van der Waals surface area contributed by atoms with Crippen LogP contribution in [0, 0.1) is 6.92 Å². The van der Waals surface area contributed by atoms with Crippen LogP contribution in [-0.4, -0.2) is 17.5 Å². The first-order chi connectivity index (χ1) is 8.24. The van der Waals surface area contributed by atoms with E-state index in [0.717, 1.165) is 5.56 Å². The Kier molecular flexibility index (Phi) is 3.72. The van der Waals surface area contributed by atoms with Crippen molar-refractivity contribution in [3.05, 3.63) is 41.4 Å². The van der Waals surface area contributed by atoms with E-state index in [-0.39, 0.29) is 12.5 Å². The molecule has 0 atom stereocenters. The van der Waals surface area contributed by atoms with Gasteiger partial charge in [-0.3, -0.25) is 10.1 Å². The Balaban J connectivity index is 1.84. The molecule has 2 aromatic rings. The van der Waals surface area contributed by atoms with Gasteiger partial charge in [0, 0.05) is 11.6 Å². The number of nitrogens with zero attached hydrogens (tertiary/aromatic N) is 1. The molecule has 1 heterocycles. The average molecular weight is 248 g/mol. The van der Waals surface area contributed by atoms with Gasteiger partial charge in [-0.2, -0.15) is 0 Å². The van der Waals surface area contributed by atoms with Crippen molar-refractivity contribution in [3.8, 4) is 5.75 Å². The molecule has 0 unspecified atom stereocenters. The predicted octanol–water partition coefficient (Wildman–Crippen LogP) is 2.47. The number of amides is 1. The van der Waals surface area contributed by atoms with Crippen LogP contribution in [0.2, 0.25) is 0 Å². The Morgan fingerprint density at radius 3 is 3.12 bits per heavy atom. The number of hydrogen-bond acceptors (Lipinski definition) is 4. The Morgan fingerprint density at radius 1 is 1.53 bits per heavy atom. The molecule has 17 heavy (non-hydrogen) atoms. The molecule has 1 aromatic heterocycles. The SMILES string of the molecule is Cc1cccc(OCC(=O)Nc2nccs2)c1. The van der Waals surface area contributed by atoms with Gasteiger partial charge in [0.25, 0.3) is 5.91 Å². The highest BCUT2D eigenvalue weighted by atomic mass is 32.1. The lowest BCUT2D eigenvalue weighted by atomic mass is 10.2. The van der Waals surface area contributed by atoms with E-state index in [1.54, 1.807) is 11.6 Å². The van der Waals surface area contributed by atoms with E-state index in [1.807, 2.05) is 31.2 Å². The van der Waals surface area contributed by atoms with Crippen LogP contribution in [0.3, 0.4) is 0 Å². The summed E-state index contributed by atoms with van der Waals surface area (Å²) in [6.45, 7) is 1.96. The summed E-state index contributed by atoms with van der Waals surface area (Å²) in [4.78, 5) is 15.5. The number of carbonyl (C=O) groups is 1. The summed E-state index contributed by atoms with van der Waals surface area (Å²) >= 11 is 1.38. The van der Waals surface area contributed by atoms with Gasteiger partial charge in [-0.15, -0.1) is 11.3 Å². The van der Waals surface area contributed by atoms with Crippen LogP contribution in [-0.2, 0) is 4.79 Å². The fourth-order valence-electron chi connectivity index (χ4n) is 1.29. The minimum absolute atomic E-state index is 0.0109. The minimum Gasteiger partial charge on any atom is -0.484 e. The Labute approximate surface area is 103 Å². The third-order valence-electron chi connectivity index (χ3n) is 2.04. The Morgan fingerprint density at radius 2 is 2.41 bits per heavy atom. The lowest BCUT2D eigenvalue weighted by Gasteiger charge is -2.06. The second-order valence-corrected chi connectivity index (χ2v) is 4.39. The zero-order valence-corrected chi connectivity index (χ0v) is 10.2. The standard InChI is InChI=1S/C12H12N2O2S/c1-9-3-2-4-10(7-9)16-8-11(15)14-12-13-5-6-17-12/h2-7H,8H2,1H3,(H,13,14,15). The molecule has 0 spiro atoms.